The van der Waals surface area contributed by atoms with Crippen LogP contribution < -0.4 is 10.1 Å². The molecule has 142 valence electrons. The summed E-state index contributed by atoms with van der Waals surface area (Å²) in [5.74, 6) is 1.31. The zero-order chi connectivity index (χ0) is 19.2. The fraction of sp³-hybridized carbons (Fsp3) is 0.235. The van der Waals surface area contributed by atoms with E-state index in [2.05, 4.69) is 20.3 Å². The number of alkyl halides is 2. The number of carbonyl (C=O) groups is 1. The number of furan rings is 1. The van der Waals surface area contributed by atoms with Gasteiger partial charge in [0.1, 0.15) is 11.5 Å². The lowest BCUT2D eigenvalue weighted by atomic mass is 10.2. The summed E-state index contributed by atoms with van der Waals surface area (Å²) < 4.78 is 35.6. The highest BCUT2D eigenvalue weighted by molar-refractivity contribution is 7.99. The van der Waals surface area contributed by atoms with Crippen LogP contribution >= 0.6 is 11.8 Å². The Hall–Kier alpha value is -2.88. The van der Waals surface area contributed by atoms with Crippen LogP contribution in [-0.4, -0.2) is 33.0 Å². The van der Waals surface area contributed by atoms with Gasteiger partial charge in [-0.25, -0.2) is 0 Å². The Bertz CT molecular complexity index is 882. The highest BCUT2D eigenvalue weighted by Crippen LogP contribution is 2.25. The summed E-state index contributed by atoms with van der Waals surface area (Å²) in [7, 11) is 1.77. The lowest BCUT2D eigenvalue weighted by Gasteiger charge is -2.06. The molecule has 0 unspecified atom stereocenters. The van der Waals surface area contributed by atoms with E-state index in [1.54, 1.807) is 42.1 Å². The number of thioether (sulfide) groups is 1. The van der Waals surface area contributed by atoms with E-state index < -0.39 is 6.61 Å². The molecule has 3 aromatic rings. The topological polar surface area (TPSA) is 82.2 Å². The highest BCUT2D eigenvalue weighted by Gasteiger charge is 2.13. The van der Waals surface area contributed by atoms with Crippen molar-refractivity contribution in [2.24, 2.45) is 7.05 Å². The lowest BCUT2D eigenvalue weighted by molar-refractivity contribution is -0.118. The second-order valence-corrected chi connectivity index (χ2v) is 6.36. The number of nitrogens with one attached hydrogen (secondary N) is 1. The van der Waals surface area contributed by atoms with Gasteiger partial charge in [-0.2, -0.15) is 8.78 Å². The third kappa shape index (κ3) is 5.07. The number of carbonyl (C=O) groups excluding carboxylic acids is 1. The van der Waals surface area contributed by atoms with Gasteiger partial charge < -0.3 is 19.0 Å². The molecule has 0 atom stereocenters. The number of halogens is 2. The largest absolute Gasteiger partial charge is 0.467 e. The number of amides is 1. The van der Waals surface area contributed by atoms with Crippen molar-refractivity contribution in [2.75, 3.05) is 5.75 Å². The molecule has 0 aliphatic rings. The Kier molecular flexibility index (Phi) is 6.07. The van der Waals surface area contributed by atoms with Crippen LogP contribution in [0.1, 0.15) is 5.76 Å². The Balaban J connectivity index is 1.57. The molecule has 0 radical (unpaired) electrons. The van der Waals surface area contributed by atoms with Crippen molar-refractivity contribution in [1.29, 1.82) is 0 Å². The van der Waals surface area contributed by atoms with E-state index in [1.807, 2.05) is 0 Å². The minimum atomic E-state index is -2.87. The van der Waals surface area contributed by atoms with Crippen LogP contribution in [0.3, 0.4) is 0 Å². The third-order valence-electron chi connectivity index (χ3n) is 3.54. The molecule has 7 nitrogen and oxygen atoms in total. The van der Waals surface area contributed by atoms with Crippen LogP contribution in [0.15, 0.2) is 52.2 Å². The number of hydrogen-bond acceptors (Lipinski definition) is 6. The summed E-state index contributed by atoms with van der Waals surface area (Å²) >= 11 is 1.24. The summed E-state index contributed by atoms with van der Waals surface area (Å²) in [6.07, 6.45) is 1.55. The smallest absolute Gasteiger partial charge is 0.387 e. The maximum absolute atomic E-state index is 12.2. The Labute approximate surface area is 157 Å². The van der Waals surface area contributed by atoms with Gasteiger partial charge >= 0.3 is 6.61 Å². The van der Waals surface area contributed by atoms with Crippen molar-refractivity contribution < 1.29 is 22.7 Å². The number of benzene rings is 1. The van der Waals surface area contributed by atoms with Crippen molar-refractivity contribution >= 4 is 17.7 Å². The maximum Gasteiger partial charge on any atom is 0.387 e. The molecule has 0 aliphatic heterocycles. The molecule has 3 rings (SSSR count). The zero-order valence-corrected chi connectivity index (χ0v) is 15.1. The summed E-state index contributed by atoms with van der Waals surface area (Å²) in [4.78, 5) is 11.9. The number of aromatic nitrogens is 3. The van der Waals surface area contributed by atoms with Gasteiger partial charge in [0.15, 0.2) is 11.0 Å². The summed E-state index contributed by atoms with van der Waals surface area (Å²) in [5.41, 5.74) is 0.695. The van der Waals surface area contributed by atoms with E-state index in [0.29, 0.717) is 28.8 Å². The molecule has 0 aliphatic carbocycles. The van der Waals surface area contributed by atoms with Gasteiger partial charge in [-0.3, -0.25) is 4.79 Å². The van der Waals surface area contributed by atoms with Gasteiger partial charge in [-0.1, -0.05) is 11.8 Å². The summed E-state index contributed by atoms with van der Waals surface area (Å²) in [5, 5.41) is 11.5. The average Bonchev–Trinajstić information content (AvgIpc) is 3.28. The average molecular weight is 394 g/mol. The molecule has 2 aromatic heterocycles. The SMILES string of the molecule is Cn1c(SCC(=O)NCc2ccco2)nnc1-c1ccc(OC(F)F)cc1. The third-order valence-corrected chi connectivity index (χ3v) is 4.57. The van der Waals surface area contributed by atoms with E-state index in [-0.39, 0.29) is 17.4 Å². The molecule has 0 saturated carbocycles. The highest BCUT2D eigenvalue weighted by atomic mass is 32.2. The number of rotatable bonds is 8. The number of hydrogen-bond donors (Lipinski definition) is 1. The van der Waals surface area contributed by atoms with Crippen LogP contribution in [0, 0.1) is 0 Å². The molecule has 0 spiro atoms. The molecule has 1 N–H and O–H groups in total. The summed E-state index contributed by atoms with van der Waals surface area (Å²) in [6, 6.07) is 9.64. The fourth-order valence-electron chi connectivity index (χ4n) is 2.26. The molecule has 1 amide bonds. The minimum Gasteiger partial charge on any atom is -0.467 e. The predicted molar refractivity (Wildman–Crippen MR) is 94.3 cm³/mol. The van der Waals surface area contributed by atoms with Crippen LogP contribution in [0.4, 0.5) is 8.78 Å². The van der Waals surface area contributed by atoms with Gasteiger partial charge in [0.25, 0.3) is 0 Å². The van der Waals surface area contributed by atoms with E-state index in [4.69, 9.17) is 4.42 Å². The van der Waals surface area contributed by atoms with Crippen molar-refractivity contribution in [1.82, 2.24) is 20.1 Å². The van der Waals surface area contributed by atoms with Crippen LogP contribution in [0.25, 0.3) is 11.4 Å². The molecule has 27 heavy (non-hydrogen) atoms. The van der Waals surface area contributed by atoms with E-state index in [0.717, 1.165) is 0 Å². The summed E-state index contributed by atoms with van der Waals surface area (Å²) in [6.45, 7) is -2.55. The quantitative estimate of drug-likeness (QED) is 0.592. The van der Waals surface area contributed by atoms with Crippen molar-refractivity contribution in [3.05, 3.63) is 48.4 Å². The molecular weight excluding hydrogens is 378 g/mol. The van der Waals surface area contributed by atoms with Gasteiger partial charge in [-0.15, -0.1) is 10.2 Å². The fourth-order valence-corrected chi connectivity index (χ4v) is 3.00. The Morgan fingerprint density at radius 3 is 2.74 bits per heavy atom. The first-order valence-corrected chi connectivity index (χ1v) is 8.88. The predicted octanol–water partition coefficient (Wildman–Crippen LogP) is 3.09. The zero-order valence-electron chi connectivity index (χ0n) is 14.3. The second kappa shape index (κ2) is 8.67. The molecule has 10 heteroatoms. The van der Waals surface area contributed by atoms with Crippen LogP contribution in [0.2, 0.25) is 0 Å². The first kappa shape index (κ1) is 18.9. The number of nitrogens with zero attached hydrogens (tertiary/aromatic N) is 3. The second-order valence-electron chi connectivity index (χ2n) is 5.41. The van der Waals surface area contributed by atoms with Crippen molar-refractivity contribution in [2.45, 2.75) is 18.3 Å². The Morgan fingerprint density at radius 2 is 2.07 bits per heavy atom. The minimum absolute atomic E-state index is 0.0683. The van der Waals surface area contributed by atoms with Crippen molar-refractivity contribution in [3.63, 3.8) is 0 Å². The van der Waals surface area contributed by atoms with Gasteiger partial charge in [0, 0.05) is 12.6 Å². The van der Waals surface area contributed by atoms with Crippen LogP contribution in [0.5, 0.6) is 5.75 Å². The van der Waals surface area contributed by atoms with E-state index in [9.17, 15) is 13.6 Å². The van der Waals surface area contributed by atoms with Crippen LogP contribution in [-0.2, 0) is 18.4 Å². The van der Waals surface area contributed by atoms with Gasteiger partial charge in [-0.05, 0) is 36.4 Å². The molecule has 1 aromatic carbocycles. The first-order valence-electron chi connectivity index (χ1n) is 7.89. The molecule has 0 bridgehead atoms. The molecule has 0 saturated heterocycles. The van der Waals surface area contributed by atoms with E-state index in [1.165, 1.54) is 23.9 Å². The van der Waals surface area contributed by atoms with Gasteiger partial charge in [0.05, 0.1) is 18.6 Å². The van der Waals surface area contributed by atoms with E-state index >= 15 is 0 Å². The monoisotopic (exact) mass is 394 g/mol. The molecule has 2 heterocycles. The van der Waals surface area contributed by atoms with Gasteiger partial charge in [0.2, 0.25) is 5.91 Å². The Morgan fingerprint density at radius 1 is 1.30 bits per heavy atom. The maximum atomic E-state index is 12.2. The molecule has 0 fully saturated rings. The number of ether oxygens (including phenoxy) is 1. The lowest BCUT2D eigenvalue weighted by Crippen LogP contribution is -2.24. The normalized spacial score (nSPS) is 11.0. The molecular formula is C17H16F2N4O3S. The van der Waals surface area contributed by atoms with Crippen molar-refractivity contribution in [3.8, 4) is 17.1 Å². The first-order chi connectivity index (χ1) is 13.0. The standard InChI is InChI=1S/C17H16F2N4O3S/c1-23-15(11-4-6-12(7-5-11)26-16(18)19)21-22-17(23)27-10-14(24)20-9-13-3-2-8-25-13/h2-8,16H,9-10H2,1H3,(H,20,24).